The fourth-order valence-electron chi connectivity index (χ4n) is 2.00. The number of hydrogen-bond acceptors (Lipinski definition) is 4. The summed E-state index contributed by atoms with van der Waals surface area (Å²) in [5.74, 6) is 0.692. The van der Waals surface area contributed by atoms with Crippen LogP contribution in [0, 0.1) is 0 Å². The zero-order valence-corrected chi connectivity index (χ0v) is 13.5. The highest BCUT2D eigenvalue weighted by Gasteiger charge is 2.18. The quantitative estimate of drug-likeness (QED) is 0.629. The van der Waals surface area contributed by atoms with E-state index >= 15 is 0 Å². The Kier molecular flexibility index (Phi) is 5.72. The molecule has 116 valence electrons. The zero-order chi connectivity index (χ0) is 15.9. The second-order valence-corrected chi connectivity index (χ2v) is 6.08. The molecule has 0 spiro atoms. The molecule has 2 aromatic carbocycles. The number of nitrogens with one attached hydrogen (secondary N) is 1. The van der Waals surface area contributed by atoms with E-state index in [0.29, 0.717) is 11.4 Å². The van der Waals surface area contributed by atoms with Crippen LogP contribution >= 0.6 is 11.8 Å². The Balaban J connectivity index is 2.05. The molecule has 0 aliphatic rings. The predicted octanol–water partition coefficient (Wildman–Crippen LogP) is 3.79. The van der Waals surface area contributed by atoms with Crippen molar-refractivity contribution in [2.75, 3.05) is 18.2 Å². The molecule has 0 radical (unpaired) electrons. The van der Waals surface area contributed by atoms with E-state index in [1.54, 1.807) is 13.2 Å². The van der Waals surface area contributed by atoms with E-state index in [0.717, 1.165) is 17.0 Å². The van der Waals surface area contributed by atoms with Crippen molar-refractivity contribution >= 4 is 29.0 Å². The van der Waals surface area contributed by atoms with Gasteiger partial charge in [0.1, 0.15) is 5.75 Å². The lowest BCUT2D eigenvalue weighted by molar-refractivity contribution is -0.115. The maximum absolute atomic E-state index is 12.4. The fraction of sp³-hybridized carbons (Fsp3) is 0.235. The third kappa shape index (κ3) is 4.43. The van der Waals surface area contributed by atoms with E-state index in [9.17, 15) is 4.79 Å². The topological polar surface area (TPSA) is 64.4 Å². The summed E-state index contributed by atoms with van der Waals surface area (Å²) in [6, 6.07) is 14.9. The zero-order valence-electron chi connectivity index (χ0n) is 12.7. The molecule has 4 nitrogen and oxygen atoms in total. The van der Waals surface area contributed by atoms with Crippen LogP contribution in [0.3, 0.4) is 0 Å². The van der Waals surface area contributed by atoms with Gasteiger partial charge in [0, 0.05) is 22.3 Å². The highest BCUT2D eigenvalue weighted by atomic mass is 32.2. The van der Waals surface area contributed by atoms with Crippen LogP contribution < -0.4 is 15.8 Å². The van der Waals surface area contributed by atoms with E-state index in [4.69, 9.17) is 10.5 Å². The lowest BCUT2D eigenvalue weighted by Crippen LogP contribution is -2.24. The summed E-state index contributed by atoms with van der Waals surface area (Å²) < 4.78 is 5.16. The van der Waals surface area contributed by atoms with Gasteiger partial charge in [-0.1, -0.05) is 19.1 Å². The second kappa shape index (κ2) is 7.75. The first kappa shape index (κ1) is 16.2. The van der Waals surface area contributed by atoms with Crippen LogP contribution in [0.1, 0.15) is 13.3 Å². The van der Waals surface area contributed by atoms with Gasteiger partial charge in [0.2, 0.25) is 5.91 Å². The lowest BCUT2D eigenvalue weighted by Gasteiger charge is -2.15. The standard InChI is InChI=1S/C17H20N2O2S/c1-3-16(22-15-9-4-6-12(18)10-15)17(20)19-13-7-5-8-14(11-13)21-2/h4-11,16H,3,18H2,1-2H3,(H,19,20). The molecular formula is C17H20N2O2S. The van der Waals surface area contributed by atoms with Gasteiger partial charge in [0.05, 0.1) is 12.4 Å². The minimum atomic E-state index is -0.173. The van der Waals surface area contributed by atoms with Crippen molar-refractivity contribution in [1.82, 2.24) is 0 Å². The summed E-state index contributed by atoms with van der Waals surface area (Å²) in [4.78, 5) is 13.4. The molecule has 1 amide bonds. The molecular weight excluding hydrogens is 296 g/mol. The Morgan fingerprint density at radius 1 is 1.27 bits per heavy atom. The van der Waals surface area contributed by atoms with Crippen molar-refractivity contribution in [1.29, 1.82) is 0 Å². The molecule has 1 unspecified atom stereocenters. The van der Waals surface area contributed by atoms with Crippen molar-refractivity contribution in [2.24, 2.45) is 0 Å². The van der Waals surface area contributed by atoms with Gasteiger partial charge in [-0.05, 0) is 36.8 Å². The molecule has 0 bridgehead atoms. The summed E-state index contributed by atoms with van der Waals surface area (Å²) >= 11 is 1.52. The number of hydrogen-bond donors (Lipinski definition) is 2. The molecule has 5 heteroatoms. The Labute approximate surface area is 135 Å². The van der Waals surface area contributed by atoms with Gasteiger partial charge in [0.15, 0.2) is 0 Å². The van der Waals surface area contributed by atoms with Crippen LogP contribution in [-0.4, -0.2) is 18.3 Å². The van der Waals surface area contributed by atoms with Crippen LogP contribution in [0.25, 0.3) is 0 Å². The third-order valence-electron chi connectivity index (χ3n) is 3.14. The van der Waals surface area contributed by atoms with E-state index in [1.807, 2.05) is 49.4 Å². The highest BCUT2D eigenvalue weighted by molar-refractivity contribution is 8.00. The molecule has 1 atom stereocenters. The molecule has 0 aliphatic carbocycles. The summed E-state index contributed by atoms with van der Waals surface area (Å²) in [6.07, 6.45) is 0.731. The normalized spacial score (nSPS) is 11.7. The number of nitrogens with two attached hydrogens (primary N) is 1. The average molecular weight is 316 g/mol. The maximum Gasteiger partial charge on any atom is 0.237 e. The van der Waals surface area contributed by atoms with Crippen LogP contribution in [0.4, 0.5) is 11.4 Å². The molecule has 0 aliphatic heterocycles. The van der Waals surface area contributed by atoms with Crippen LogP contribution in [0.2, 0.25) is 0 Å². The lowest BCUT2D eigenvalue weighted by atomic mass is 10.2. The van der Waals surface area contributed by atoms with Crippen molar-refractivity contribution in [3.05, 3.63) is 48.5 Å². The van der Waals surface area contributed by atoms with Gasteiger partial charge in [-0.2, -0.15) is 0 Å². The number of thioether (sulfide) groups is 1. The van der Waals surface area contributed by atoms with Crippen LogP contribution in [0.5, 0.6) is 5.75 Å². The maximum atomic E-state index is 12.4. The SMILES string of the molecule is CCC(Sc1cccc(N)c1)C(=O)Nc1cccc(OC)c1. The van der Waals surface area contributed by atoms with Gasteiger partial charge in [-0.25, -0.2) is 0 Å². The van der Waals surface area contributed by atoms with Crippen molar-refractivity contribution in [3.8, 4) is 5.75 Å². The van der Waals surface area contributed by atoms with Gasteiger partial charge in [0.25, 0.3) is 0 Å². The molecule has 3 N–H and O–H groups in total. The minimum absolute atomic E-state index is 0.0248. The van der Waals surface area contributed by atoms with E-state index in [-0.39, 0.29) is 11.2 Å². The summed E-state index contributed by atoms with van der Waals surface area (Å²) in [5, 5.41) is 2.76. The number of rotatable bonds is 6. The smallest absolute Gasteiger partial charge is 0.237 e. The summed E-state index contributed by atoms with van der Waals surface area (Å²) in [6.45, 7) is 2.00. The molecule has 0 saturated heterocycles. The number of nitrogen functional groups attached to an aromatic ring is 1. The molecule has 22 heavy (non-hydrogen) atoms. The fourth-order valence-corrected chi connectivity index (χ4v) is 3.02. The number of benzene rings is 2. The predicted molar refractivity (Wildman–Crippen MR) is 92.4 cm³/mol. The number of carbonyl (C=O) groups is 1. The van der Waals surface area contributed by atoms with Crippen molar-refractivity contribution < 1.29 is 9.53 Å². The van der Waals surface area contributed by atoms with E-state index in [1.165, 1.54) is 11.8 Å². The van der Waals surface area contributed by atoms with Gasteiger partial charge in [-0.15, -0.1) is 11.8 Å². The third-order valence-corrected chi connectivity index (χ3v) is 4.49. The van der Waals surface area contributed by atoms with E-state index in [2.05, 4.69) is 5.32 Å². The number of carbonyl (C=O) groups excluding carboxylic acids is 1. The Hall–Kier alpha value is -2.14. The number of methoxy groups -OCH3 is 1. The number of ether oxygens (including phenoxy) is 1. The second-order valence-electron chi connectivity index (χ2n) is 4.81. The van der Waals surface area contributed by atoms with E-state index < -0.39 is 0 Å². The number of amides is 1. The summed E-state index contributed by atoms with van der Waals surface area (Å²) in [5.41, 5.74) is 7.21. The largest absolute Gasteiger partial charge is 0.497 e. The molecule has 0 heterocycles. The highest BCUT2D eigenvalue weighted by Crippen LogP contribution is 2.28. The van der Waals surface area contributed by atoms with Gasteiger partial charge in [-0.3, -0.25) is 4.79 Å². The van der Waals surface area contributed by atoms with Gasteiger partial charge < -0.3 is 15.8 Å². The first-order chi connectivity index (χ1) is 10.6. The van der Waals surface area contributed by atoms with Crippen molar-refractivity contribution in [2.45, 2.75) is 23.5 Å². The number of anilines is 2. The van der Waals surface area contributed by atoms with Gasteiger partial charge >= 0.3 is 0 Å². The van der Waals surface area contributed by atoms with Crippen LogP contribution in [-0.2, 0) is 4.79 Å². The van der Waals surface area contributed by atoms with Crippen molar-refractivity contribution in [3.63, 3.8) is 0 Å². The first-order valence-electron chi connectivity index (χ1n) is 7.09. The monoisotopic (exact) mass is 316 g/mol. The minimum Gasteiger partial charge on any atom is -0.497 e. The molecule has 0 fully saturated rings. The molecule has 2 aromatic rings. The molecule has 0 saturated carbocycles. The molecule has 2 rings (SSSR count). The summed E-state index contributed by atoms with van der Waals surface area (Å²) in [7, 11) is 1.60. The Bertz CT molecular complexity index is 646. The first-order valence-corrected chi connectivity index (χ1v) is 7.97. The Morgan fingerprint density at radius 2 is 2.05 bits per heavy atom. The average Bonchev–Trinajstić information content (AvgIpc) is 2.52. The van der Waals surface area contributed by atoms with Crippen LogP contribution in [0.15, 0.2) is 53.4 Å². The molecule has 0 aromatic heterocycles. The Morgan fingerprint density at radius 3 is 2.73 bits per heavy atom.